The second-order valence-electron chi connectivity index (χ2n) is 7.01. The zero-order valence-corrected chi connectivity index (χ0v) is 18.7. The molecule has 0 bridgehead atoms. The summed E-state index contributed by atoms with van der Waals surface area (Å²) >= 11 is 0. The molecule has 0 saturated carbocycles. The summed E-state index contributed by atoms with van der Waals surface area (Å²) in [4.78, 5) is 30.9. The van der Waals surface area contributed by atoms with Crippen LogP contribution in [-0.4, -0.2) is 73.6 Å². The largest absolute Gasteiger partial charge is 0.287 e. The number of ketones is 2. The van der Waals surface area contributed by atoms with Crippen LogP contribution in [0.2, 0.25) is 0 Å². The minimum Gasteiger partial charge on any atom is -0.287 e. The van der Waals surface area contributed by atoms with Gasteiger partial charge >= 0.3 is 0 Å². The number of nitrogens with zero attached hydrogens (tertiary/aromatic N) is 5. The third kappa shape index (κ3) is 4.95. The average Bonchev–Trinajstić information content (AvgIpc) is 2.71. The summed E-state index contributed by atoms with van der Waals surface area (Å²) in [7, 11) is 9.05. The lowest BCUT2D eigenvalue weighted by Crippen LogP contribution is -2.31. The Morgan fingerprint density at radius 3 is 1.31 bits per heavy atom. The van der Waals surface area contributed by atoms with E-state index in [0.29, 0.717) is 11.1 Å². The Balaban J connectivity index is 2.69. The van der Waals surface area contributed by atoms with E-state index >= 15 is 0 Å². The van der Waals surface area contributed by atoms with E-state index in [4.69, 9.17) is 0 Å². The number of hydrogen-bond acceptors (Lipinski definition) is 3. The van der Waals surface area contributed by atoms with Gasteiger partial charge in [-0.25, -0.2) is 0 Å². The van der Waals surface area contributed by atoms with Crippen molar-refractivity contribution in [3.63, 3.8) is 0 Å². The minimum absolute atomic E-state index is 0.197. The summed E-state index contributed by atoms with van der Waals surface area (Å²) in [5, 5.41) is 4.28. The highest BCUT2D eigenvalue weighted by Crippen LogP contribution is 2.54. The molecule has 0 N–H and O–H groups in total. The number of carbonyl (C=O) groups is 2. The number of benzene rings is 2. The zero-order valence-electron chi connectivity index (χ0n) is 17.8. The summed E-state index contributed by atoms with van der Waals surface area (Å²) < 4.78 is 5.90. The fourth-order valence-electron chi connectivity index (χ4n) is 3.06. The molecule has 0 fully saturated rings. The molecule has 0 atom stereocenters. The molecule has 2 aromatic rings. The van der Waals surface area contributed by atoms with E-state index in [-0.39, 0.29) is 5.71 Å². The molecule has 0 spiro atoms. The van der Waals surface area contributed by atoms with Crippen molar-refractivity contribution in [3.05, 3.63) is 71.8 Å². The van der Waals surface area contributed by atoms with Crippen LogP contribution in [0.1, 0.15) is 20.7 Å². The van der Waals surface area contributed by atoms with Crippen molar-refractivity contribution < 1.29 is 9.59 Å². The van der Waals surface area contributed by atoms with Crippen molar-refractivity contribution in [1.29, 1.82) is 0 Å². The predicted octanol–water partition coefficient (Wildman–Crippen LogP) is 3.74. The van der Waals surface area contributed by atoms with Crippen LogP contribution in [0.4, 0.5) is 0 Å². The van der Waals surface area contributed by atoms with Crippen LogP contribution in [0.15, 0.2) is 70.6 Å². The van der Waals surface area contributed by atoms with Gasteiger partial charge in [0.1, 0.15) is 0 Å². The van der Waals surface area contributed by atoms with Crippen molar-refractivity contribution in [2.24, 2.45) is 9.96 Å². The van der Waals surface area contributed by atoms with Gasteiger partial charge in [0.2, 0.25) is 11.6 Å². The van der Waals surface area contributed by atoms with Gasteiger partial charge in [-0.05, 0) is 42.3 Å². The molecule has 0 aliphatic heterocycles. The van der Waals surface area contributed by atoms with Gasteiger partial charge in [0.25, 0.3) is 0 Å². The van der Waals surface area contributed by atoms with E-state index in [2.05, 4.69) is 9.96 Å². The van der Waals surface area contributed by atoms with Crippen molar-refractivity contribution in [1.82, 2.24) is 14.0 Å². The molecular formula is C21H28N5O2P. The third-order valence-electron chi connectivity index (χ3n) is 4.38. The summed E-state index contributed by atoms with van der Waals surface area (Å²) in [6.07, 6.45) is 0. The third-order valence-corrected chi connectivity index (χ3v) is 7.93. The first-order valence-electron chi connectivity index (χ1n) is 9.14. The predicted molar refractivity (Wildman–Crippen MR) is 119 cm³/mol. The molecular weight excluding hydrogens is 385 g/mol. The Morgan fingerprint density at radius 2 is 1.00 bits per heavy atom. The van der Waals surface area contributed by atoms with Crippen LogP contribution < -0.4 is 0 Å². The van der Waals surface area contributed by atoms with Crippen LogP contribution in [0.5, 0.6) is 0 Å². The van der Waals surface area contributed by atoms with E-state index in [0.717, 1.165) is 0 Å². The van der Waals surface area contributed by atoms with Crippen molar-refractivity contribution in [3.8, 4) is 0 Å². The van der Waals surface area contributed by atoms with Gasteiger partial charge in [-0.2, -0.15) is 0 Å². The van der Waals surface area contributed by atoms with Gasteiger partial charge in [0.05, 0.1) is 0 Å². The molecule has 8 heteroatoms. The van der Waals surface area contributed by atoms with Gasteiger partial charge < -0.3 is 0 Å². The molecule has 0 heterocycles. The van der Waals surface area contributed by atoms with Crippen LogP contribution in [0.25, 0.3) is 0 Å². The number of Topliss-reactive ketones (excluding diaryl/α,β-unsaturated/α-hetero) is 2. The average molecular weight is 413 g/mol. The fourth-order valence-corrected chi connectivity index (χ4v) is 5.90. The highest BCUT2D eigenvalue weighted by molar-refractivity contribution is 7.59. The van der Waals surface area contributed by atoms with E-state index in [1.165, 1.54) is 0 Å². The van der Waals surface area contributed by atoms with E-state index in [1.54, 1.807) is 48.5 Å². The molecule has 0 aliphatic carbocycles. The molecule has 0 radical (unpaired) electrons. The standard InChI is InChI=1S/C21H28N5O2P/c1-24(2)29(25(3)4,26(5)6)23-22-19(20(27)17-13-9-7-10-14-17)21(28)18-15-11-8-12-16-18/h7-16H,1-6H3. The van der Waals surface area contributed by atoms with Gasteiger partial charge in [-0.1, -0.05) is 60.7 Å². The Kier molecular flexibility index (Phi) is 7.76. The summed E-state index contributed by atoms with van der Waals surface area (Å²) in [6.45, 7) is 0. The van der Waals surface area contributed by atoms with Crippen LogP contribution >= 0.6 is 7.51 Å². The van der Waals surface area contributed by atoms with Crippen LogP contribution in [0.3, 0.4) is 0 Å². The van der Waals surface area contributed by atoms with Crippen molar-refractivity contribution in [2.75, 3.05) is 42.3 Å². The van der Waals surface area contributed by atoms with Crippen molar-refractivity contribution >= 4 is 24.8 Å². The zero-order chi connectivity index (χ0) is 21.6. The van der Waals surface area contributed by atoms with Gasteiger partial charge in [-0.15, -0.1) is 9.96 Å². The van der Waals surface area contributed by atoms with Crippen LogP contribution in [-0.2, 0) is 0 Å². The lowest BCUT2D eigenvalue weighted by molar-refractivity contribution is 0.102. The van der Waals surface area contributed by atoms with E-state index < -0.39 is 19.1 Å². The normalized spacial score (nSPS) is 11.6. The Bertz CT molecular complexity index is 856. The van der Waals surface area contributed by atoms with E-state index in [9.17, 15) is 9.59 Å². The SMILES string of the molecule is CN(C)P(=NN=C(C(=O)c1ccccc1)C(=O)c1ccccc1)(N(C)C)N(C)C. The van der Waals surface area contributed by atoms with E-state index in [1.807, 2.05) is 68.4 Å². The molecule has 0 unspecified atom stereocenters. The lowest BCUT2D eigenvalue weighted by Gasteiger charge is -2.39. The van der Waals surface area contributed by atoms with Crippen LogP contribution in [0, 0.1) is 0 Å². The maximum atomic E-state index is 13.1. The number of rotatable bonds is 8. The molecule has 0 aromatic heterocycles. The second kappa shape index (κ2) is 9.85. The molecule has 0 aliphatic rings. The molecule has 0 saturated heterocycles. The Hall–Kier alpha value is -2.44. The molecule has 0 amide bonds. The monoisotopic (exact) mass is 413 g/mol. The highest BCUT2D eigenvalue weighted by atomic mass is 31.2. The number of hydrogen-bond donors (Lipinski definition) is 0. The highest BCUT2D eigenvalue weighted by Gasteiger charge is 2.30. The fraction of sp³-hybridized carbons (Fsp3) is 0.286. The molecule has 7 nitrogen and oxygen atoms in total. The minimum atomic E-state index is -2.40. The summed E-state index contributed by atoms with van der Waals surface area (Å²) in [5.74, 6) is -0.893. The maximum Gasteiger partial charge on any atom is 0.217 e. The smallest absolute Gasteiger partial charge is 0.217 e. The maximum absolute atomic E-state index is 13.1. The topological polar surface area (TPSA) is 68.6 Å². The van der Waals surface area contributed by atoms with Gasteiger partial charge in [0, 0.05) is 11.1 Å². The first kappa shape index (κ1) is 22.8. The molecule has 154 valence electrons. The first-order chi connectivity index (χ1) is 13.7. The molecule has 29 heavy (non-hydrogen) atoms. The Labute approximate surface area is 172 Å². The molecule has 2 rings (SSSR count). The van der Waals surface area contributed by atoms with Gasteiger partial charge in [0.15, 0.2) is 13.2 Å². The summed E-state index contributed by atoms with van der Waals surface area (Å²) in [5.41, 5.74) is 0.598. The lowest BCUT2D eigenvalue weighted by atomic mass is 9.99. The summed E-state index contributed by atoms with van der Waals surface area (Å²) in [6, 6.07) is 17.3. The van der Waals surface area contributed by atoms with Gasteiger partial charge in [-0.3, -0.25) is 23.6 Å². The second-order valence-corrected chi connectivity index (χ2v) is 10.7. The quantitative estimate of drug-likeness (QED) is 0.217. The molecule has 2 aromatic carbocycles. The Morgan fingerprint density at radius 1 is 0.655 bits per heavy atom. The van der Waals surface area contributed by atoms with Crippen molar-refractivity contribution in [2.45, 2.75) is 0 Å². The number of carbonyl (C=O) groups excluding carboxylic acids is 2. The first-order valence-corrected chi connectivity index (χ1v) is 10.7.